The third-order valence-electron chi connectivity index (χ3n) is 4.45. The lowest BCUT2D eigenvalue weighted by Gasteiger charge is -2.18. The summed E-state index contributed by atoms with van der Waals surface area (Å²) in [4.78, 5) is 11.7. The van der Waals surface area contributed by atoms with E-state index in [1.54, 1.807) is 30.3 Å². The van der Waals surface area contributed by atoms with E-state index >= 15 is 0 Å². The SMILES string of the molecule is COC(=O)/C(=C/Nc1ccc2c(c1)OCCO2)S(=O)(=O)c1ccc(C(C)C)cc1. The van der Waals surface area contributed by atoms with Crippen LogP contribution in [0.2, 0.25) is 0 Å². The van der Waals surface area contributed by atoms with Crippen LogP contribution >= 0.6 is 0 Å². The Hall–Kier alpha value is -3.00. The zero-order chi connectivity index (χ0) is 21.0. The number of carbonyl (C=O) groups excluding carboxylic acids is 1. The fourth-order valence-electron chi connectivity index (χ4n) is 2.79. The molecule has 1 aliphatic rings. The van der Waals surface area contributed by atoms with Crippen molar-refractivity contribution < 1.29 is 27.4 Å². The molecule has 2 aromatic carbocycles. The van der Waals surface area contributed by atoms with Crippen LogP contribution in [0.4, 0.5) is 5.69 Å². The van der Waals surface area contributed by atoms with Gasteiger partial charge in [-0.3, -0.25) is 0 Å². The van der Waals surface area contributed by atoms with E-state index in [1.165, 1.54) is 12.1 Å². The first kappa shape index (κ1) is 20.7. The molecule has 7 nitrogen and oxygen atoms in total. The van der Waals surface area contributed by atoms with Gasteiger partial charge in [0.15, 0.2) is 16.4 Å². The van der Waals surface area contributed by atoms with Crippen LogP contribution in [-0.4, -0.2) is 34.7 Å². The molecule has 154 valence electrons. The van der Waals surface area contributed by atoms with Crippen molar-refractivity contribution >= 4 is 21.5 Å². The van der Waals surface area contributed by atoms with Crippen LogP contribution in [0, 0.1) is 0 Å². The van der Waals surface area contributed by atoms with Crippen LogP contribution in [0.1, 0.15) is 25.3 Å². The molecule has 0 fully saturated rings. The van der Waals surface area contributed by atoms with E-state index in [-0.39, 0.29) is 10.8 Å². The van der Waals surface area contributed by atoms with Gasteiger partial charge in [0.05, 0.1) is 12.0 Å². The van der Waals surface area contributed by atoms with Gasteiger partial charge in [-0.25, -0.2) is 13.2 Å². The lowest BCUT2D eigenvalue weighted by Crippen LogP contribution is -2.17. The lowest BCUT2D eigenvalue weighted by atomic mass is 10.0. The van der Waals surface area contributed by atoms with Gasteiger partial charge < -0.3 is 19.5 Å². The van der Waals surface area contributed by atoms with Crippen molar-refractivity contribution in [2.75, 3.05) is 25.6 Å². The third kappa shape index (κ3) is 4.54. The highest BCUT2D eigenvalue weighted by Crippen LogP contribution is 2.33. The number of carbonyl (C=O) groups is 1. The van der Waals surface area contributed by atoms with E-state index in [0.29, 0.717) is 30.4 Å². The Balaban J connectivity index is 1.91. The smallest absolute Gasteiger partial charge is 0.351 e. The second-order valence-electron chi connectivity index (χ2n) is 6.73. The van der Waals surface area contributed by atoms with Crippen LogP contribution in [0.15, 0.2) is 58.5 Å². The number of fused-ring (bicyclic) bond motifs is 1. The van der Waals surface area contributed by atoms with Gasteiger partial charge in [-0.05, 0) is 35.7 Å². The number of sulfone groups is 1. The topological polar surface area (TPSA) is 90.9 Å². The van der Waals surface area contributed by atoms with E-state index in [9.17, 15) is 13.2 Å². The Bertz CT molecular complexity index is 1030. The molecular weight excluding hydrogens is 394 g/mol. The molecule has 0 bridgehead atoms. The van der Waals surface area contributed by atoms with Crippen molar-refractivity contribution in [3.63, 3.8) is 0 Å². The quantitative estimate of drug-likeness (QED) is 0.568. The lowest BCUT2D eigenvalue weighted by molar-refractivity contribution is -0.135. The van der Waals surface area contributed by atoms with E-state index in [2.05, 4.69) is 5.32 Å². The largest absolute Gasteiger partial charge is 0.486 e. The van der Waals surface area contributed by atoms with Gasteiger partial charge in [0.1, 0.15) is 13.2 Å². The first-order valence-corrected chi connectivity index (χ1v) is 10.6. The van der Waals surface area contributed by atoms with Gasteiger partial charge in [-0.15, -0.1) is 0 Å². The van der Waals surface area contributed by atoms with Gasteiger partial charge in [-0.2, -0.15) is 0 Å². The van der Waals surface area contributed by atoms with E-state index in [0.717, 1.165) is 18.9 Å². The highest BCUT2D eigenvalue weighted by Gasteiger charge is 2.28. The molecule has 1 N–H and O–H groups in total. The molecule has 0 saturated heterocycles. The van der Waals surface area contributed by atoms with E-state index in [4.69, 9.17) is 14.2 Å². The average molecular weight is 417 g/mol. The van der Waals surface area contributed by atoms with Crippen molar-refractivity contribution in [2.45, 2.75) is 24.7 Å². The fraction of sp³-hybridized carbons (Fsp3) is 0.286. The molecular formula is C21H23NO6S. The maximum Gasteiger partial charge on any atom is 0.351 e. The molecule has 2 aromatic rings. The van der Waals surface area contributed by atoms with Crippen molar-refractivity contribution in [1.29, 1.82) is 0 Å². The molecule has 3 rings (SSSR count). The van der Waals surface area contributed by atoms with Gasteiger partial charge >= 0.3 is 5.97 Å². The molecule has 0 aliphatic carbocycles. The predicted molar refractivity (Wildman–Crippen MR) is 109 cm³/mol. The minimum atomic E-state index is -4.07. The number of nitrogens with one attached hydrogen (secondary N) is 1. The molecule has 0 unspecified atom stereocenters. The Kier molecular flexibility index (Phi) is 6.12. The molecule has 1 heterocycles. The molecule has 0 saturated carbocycles. The second-order valence-corrected chi connectivity index (χ2v) is 8.65. The minimum absolute atomic E-state index is 0.0162. The molecule has 0 aromatic heterocycles. The molecule has 29 heavy (non-hydrogen) atoms. The summed E-state index contributed by atoms with van der Waals surface area (Å²) in [6.45, 7) is 4.93. The molecule has 0 amide bonds. The van der Waals surface area contributed by atoms with Gasteiger partial charge in [0, 0.05) is 18.0 Å². The van der Waals surface area contributed by atoms with E-state index in [1.807, 2.05) is 13.8 Å². The molecule has 0 radical (unpaired) electrons. The zero-order valence-corrected chi connectivity index (χ0v) is 17.3. The maximum absolute atomic E-state index is 13.0. The predicted octanol–water partition coefficient (Wildman–Crippen LogP) is 3.48. The van der Waals surface area contributed by atoms with Crippen molar-refractivity contribution in [3.8, 4) is 11.5 Å². The number of benzene rings is 2. The number of methoxy groups -OCH3 is 1. The number of esters is 1. The number of hydrogen-bond donors (Lipinski definition) is 1. The summed E-state index contributed by atoms with van der Waals surface area (Å²) >= 11 is 0. The molecule has 8 heteroatoms. The Morgan fingerprint density at radius 2 is 1.72 bits per heavy atom. The summed E-state index contributed by atoms with van der Waals surface area (Å²) in [6.07, 6.45) is 1.13. The Morgan fingerprint density at radius 1 is 1.07 bits per heavy atom. The Labute approximate surface area is 170 Å². The number of ether oxygens (including phenoxy) is 3. The monoisotopic (exact) mass is 417 g/mol. The van der Waals surface area contributed by atoms with Crippen LogP contribution in [0.3, 0.4) is 0 Å². The normalized spacial score (nSPS) is 13.9. The van der Waals surface area contributed by atoms with E-state index < -0.39 is 20.7 Å². The standard InChI is InChI=1S/C21H23NO6S/c1-14(2)15-4-7-17(8-5-15)29(24,25)20(21(23)26-3)13-22-16-6-9-18-19(12-16)28-11-10-27-18/h4-9,12-14,22H,10-11H2,1-3H3/b20-13-. The highest BCUT2D eigenvalue weighted by atomic mass is 32.2. The van der Waals surface area contributed by atoms with Crippen molar-refractivity contribution in [1.82, 2.24) is 0 Å². The number of anilines is 1. The molecule has 0 atom stereocenters. The van der Waals surface area contributed by atoms with Crippen LogP contribution in [0.25, 0.3) is 0 Å². The zero-order valence-electron chi connectivity index (χ0n) is 16.5. The highest BCUT2D eigenvalue weighted by molar-refractivity contribution is 7.96. The number of rotatable bonds is 6. The van der Waals surface area contributed by atoms with Gasteiger partial charge in [0.25, 0.3) is 0 Å². The van der Waals surface area contributed by atoms with Gasteiger partial charge in [-0.1, -0.05) is 26.0 Å². The Morgan fingerprint density at radius 3 is 2.34 bits per heavy atom. The summed E-state index contributed by atoms with van der Waals surface area (Å²) in [7, 11) is -2.94. The summed E-state index contributed by atoms with van der Waals surface area (Å²) in [5.41, 5.74) is 1.54. The third-order valence-corrected chi connectivity index (χ3v) is 6.20. The second kappa shape index (κ2) is 8.57. The van der Waals surface area contributed by atoms with Crippen molar-refractivity contribution in [2.24, 2.45) is 0 Å². The summed E-state index contributed by atoms with van der Waals surface area (Å²) in [6, 6.07) is 11.5. The maximum atomic E-state index is 13.0. The summed E-state index contributed by atoms with van der Waals surface area (Å²) in [5.74, 6) is 0.459. The molecule has 0 spiro atoms. The first-order valence-electron chi connectivity index (χ1n) is 9.12. The van der Waals surface area contributed by atoms with Crippen LogP contribution in [0.5, 0.6) is 11.5 Å². The molecule has 1 aliphatic heterocycles. The fourth-order valence-corrected chi connectivity index (χ4v) is 4.05. The van der Waals surface area contributed by atoms with Crippen molar-refractivity contribution in [3.05, 3.63) is 59.1 Å². The summed E-state index contributed by atoms with van der Waals surface area (Å²) in [5, 5.41) is 2.84. The minimum Gasteiger partial charge on any atom is -0.486 e. The van der Waals surface area contributed by atoms with Crippen LogP contribution < -0.4 is 14.8 Å². The van der Waals surface area contributed by atoms with Gasteiger partial charge in [0.2, 0.25) is 9.84 Å². The average Bonchev–Trinajstić information content (AvgIpc) is 2.73. The first-order chi connectivity index (χ1) is 13.8. The number of hydrogen-bond acceptors (Lipinski definition) is 7. The summed E-state index contributed by atoms with van der Waals surface area (Å²) < 4.78 is 41.7. The van der Waals surface area contributed by atoms with Crippen LogP contribution in [-0.2, 0) is 19.4 Å².